The van der Waals surface area contributed by atoms with Gasteiger partial charge in [0.05, 0.1) is 12.6 Å². The van der Waals surface area contributed by atoms with E-state index in [4.69, 9.17) is 5.73 Å². The molecule has 0 aromatic heterocycles. The molecule has 6 heteroatoms. The van der Waals surface area contributed by atoms with E-state index >= 15 is 0 Å². The number of amides is 2. The standard InChI is InChI=1S/C19H32N4O2/c1-13(2)18(20)19(25)22-11-17(24)21-10-15-7-6-8-16(9-15)12-23(5)14(3)4/h6-9,13-14,18H,10-12,20H2,1-5H3,(H,21,24)(H,22,25)/t18-/m0/s1. The molecule has 2 amide bonds. The lowest BCUT2D eigenvalue weighted by Crippen LogP contribution is -2.47. The van der Waals surface area contributed by atoms with E-state index < -0.39 is 6.04 Å². The molecule has 140 valence electrons. The first-order valence-electron chi connectivity index (χ1n) is 8.78. The number of hydrogen-bond donors (Lipinski definition) is 3. The van der Waals surface area contributed by atoms with Gasteiger partial charge in [0.1, 0.15) is 0 Å². The number of nitrogens with two attached hydrogens (primary N) is 1. The van der Waals surface area contributed by atoms with Crippen molar-refractivity contribution in [1.82, 2.24) is 15.5 Å². The number of benzene rings is 1. The fourth-order valence-corrected chi connectivity index (χ4v) is 2.16. The van der Waals surface area contributed by atoms with Crippen molar-refractivity contribution in [3.05, 3.63) is 35.4 Å². The maximum Gasteiger partial charge on any atom is 0.239 e. The molecule has 25 heavy (non-hydrogen) atoms. The first-order chi connectivity index (χ1) is 11.7. The molecule has 0 aliphatic rings. The third kappa shape index (κ3) is 7.67. The topological polar surface area (TPSA) is 87.5 Å². The first-order valence-corrected chi connectivity index (χ1v) is 8.78. The van der Waals surface area contributed by atoms with Crippen LogP contribution in [0.4, 0.5) is 0 Å². The smallest absolute Gasteiger partial charge is 0.239 e. The molecule has 1 aromatic carbocycles. The molecule has 1 aromatic rings. The van der Waals surface area contributed by atoms with Gasteiger partial charge < -0.3 is 16.4 Å². The van der Waals surface area contributed by atoms with Crippen molar-refractivity contribution in [3.8, 4) is 0 Å². The molecule has 0 saturated heterocycles. The fraction of sp³-hybridized carbons (Fsp3) is 0.579. The quantitative estimate of drug-likeness (QED) is 0.627. The lowest BCUT2D eigenvalue weighted by atomic mass is 10.1. The third-order valence-corrected chi connectivity index (χ3v) is 4.24. The van der Waals surface area contributed by atoms with Crippen LogP contribution in [0.15, 0.2) is 24.3 Å². The number of nitrogens with one attached hydrogen (secondary N) is 2. The lowest BCUT2D eigenvalue weighted by Gasteiger charge is -2.21. The van der Waals surface area contributed by atoms with E-state index in [0.717, 1.165) is 12.1 Å². The number of hydrogen-bond acceptors (Lipinski definition) is 4. The molecular weight excluding hydrogens is 316 g/mol. The summed E-state index contributed by atoms with van der Waals surface area (Å²) in [4.78, 5) is 25.9. The van der Waals surface area contributed by atoms with E-state index in [-0.39, 0.29) is 24.3 Å². The van der Waals surface area contributed by atoms with Crippen LogP contribution in [0.1, 0.15) is 38.8 Å². The molecule has 0 aliphatic heterocycles. The van der Waals surface area contributed by atoms with E-state index in [9.17, 15) is 9.59 Å². The van der Waals surface area contributed by atoms with Gasteiger partial charge in [0.2, 0.25) is 11.8 Å². The Kier molecular flexibility index (Phi) is 8.58. The van der Waals surface area contributed by atoms with Crippen LogP contribution in [0.2, 0.25) is 0 Å². The minimum absolute atomic E-state index is 0.0368. The van der Waals surface area contributed by atoms with Gasteiger partial charge >= 0.3 is 0 Å². The molecule has 0 unspecified atom stereocenters. The van der Waals surface area contributed by atoms with E-state index in [0.29, 0.717) is 12.6 Å². The SMILES string of the molecule is CC(C)[C@H](N)C(=O)NCC(=O)NCc1cccc(CN(C)C(C)C)c1. The Balaban J connectivity index is 2.44. The van der Waals surface area contributed by atoms with Crippen LogP contribution in [-0.2, 0) is 22.7 Å². The zero-order valence-corrected chi connectivity index (χ0v) is 16.0. The molecule has 4 N–H and O–H groups in total. The summed E-state index contributed by atoms with van der Waals surface area (Å²) in [5.74, 6) is -0.493. The molecule has 0 radical (unpaired) electrons. The lowest BCUT2D eigenvalue weighted by molar-refractivity contribution is -0.127. The first kappa shape index (κ1) is 21.1. The van der Waals surface area contributed by atoms with Crippen molar-refractivity contribution in [2.24, 2.45) is 11.7 Å². The largest absolute Gasteiger partial charge is 0.350 e. The van der Waals surface area contributed by atoms with Crippen molar-refractivity contribution in [2.75, 3.05) is 13.6 Å². The third-order valence-electron chi connectivity index (χ3n) is 4.24. The number of carbonyl (C=O) groups is 2. The monoisotopic (exact) mass is 348 g/mol. The fourth-order valence-electron chi connectivity index (χ4n) is 2.16. The van der Waals surface area contributed by atoms with Crippen LogP contribution in [0, 0.1) is 5.92 Å². The van der Waals surface area contributed by atoms with Crippen LogP contribution >= 0.6 is 0 Å². The van der Waals surface area contributed by atoms with E-state index in [1.807, 2.05) is 26.0 Å². The van der Waals surface area contributed by atoms with Gasteiger partial charge in [-0.1, -0.05) is 38.1 Å². The maximum absolute atomic E-state index is 11.9. The minimum atomic E-state index is -0.595. The van der Waals surface area contributed by atoms with Crippen molar-refractivity contribution in [2.45, 2.75) is 52.9 Å². The Morgan fingerprint density at radius 3 is 2.36 bits per heavy atom. The summed E-state index contributed by atoms with van der Waals surface area (Å²) >= 11 is 0. The molecule has 0 saturated carbocycles. The molecule has 0 spiro atoms. The van der Waals surface area contributed by atoms with Gasteiger partial charge in [-0.15, -0.1) is 0 Å². The van der Waals surface area contributed by atoms with Crippen LogP contribution in [-0.4, -0.2) is 42.4 Å². The second kappa shape index (κ2) is 10.2. The van der Waals surface area contributed by atoms with Gasteiger partial charge in [0, 0.05) is 19.1 Å². The molecule has 0 aliphatic carbocycles. The Morgan fingerprint density at radius 2 is 1.76 bits per heavy atom. The highest BCUT2D eigenvalue weighted by Gasteiger charge is 2.17. The summed E-state index contributed by atoms with van der Waals surface area (Å²) in [6.07, 6.45) is 0. The molecular formula is C19H32N4O2. The van der Waals surface area contributed by atoms with Crippen molar-refractivity contribution >= 4 is 11.8 Å². The van der Waals surface area contributed by atoms with Crippen molar-refractivity contribution in [3.63, 3.8) is 0 Å². The van der Waals surface area contributed by atoms with Gasteiger partial charge in [-0.25, -0.2) is 0 Å². The second-order valence-corrected chi connectivity index (χ2v) is 7.09. The summed E-state index contributed by atoms with van der Waals surface area (Å²) in [5, 5.41) is 5.38. The number of carbonyl (C=O) groups excluding carboxylic acids is 2. The van der Waals surface area contributed by atoms with Crippen molar-refractivity contribution in [1.29, 1.82) is 0 Å². The van der Waals surface area contributed by atoms with Gasteiger partial charge in [0.15, 0.2) is 0 Å². The summed E-state index contributed by atoms with van der Waals surface area (Å²) in [5.41, 5.74) is 7.98. The summed E-state index contributed by atoms with van der Waals surface area (Å²) in [6.45, 7) is 9.29. The summed E-state index contributed by atoms with van der Waals surface area (Å²) in [6, 6.07) is 8.02. The van der Waals surface area contributed by atoms with E-state index in [2.05, 4.69) is 48.6 Å². The normalized spacial score (nSPS) is 12.5. The van der Waals surface area contributed by atoms with E-state index in [1.54, 1.807) is 0 Å². The highest BCUT2D eigenvalue weighted by molar-refractivity contribution is 5.87. The van der Waals surface area contributed by atoms with Gasteiger partial charge in [-0.05, 0) is 37.9 Å². The minimum Gasteiger partial charge on any atom is -0.350 e. The van der Waals surface area contributed by atoms with E-state index in [1.165, 1.54) is 5.56 Å². The predicted octanol–water partition coefficient (Wildman–Crippen LogP) is 1.24. The van der Waals surface area contributed by atoms with Crippen LogP contribution in [0.25, 0.3) is 0 Å². The highest BCUT2D eigenvalue weighted by atomic mass is 16.2. The van der Waals surface area contributed by atoms with Gasteiger partial charge in [-0.2, -0.15) is 0 Å². The average molecular weight is 348 g/mol. The second-order valence-electron chi connectivity index (χ2n) is 7.09. The Labute approximate surface area is 151 Å². The highest BCUT2D eigenvalue weighted by Crippen LogP contribution is 2.09. The maximum atomic E-state index is 11.9. The number of rotatable bonds is 9. The Morgan fingerprint density at radius 1 is 1.12 bits per heavy atom. The molecule has 1 atom stereocenters. The molecule has 1 rings (SSSR count). The molecule has 0 bridgehead atoms. The van der Waals surface area contributed by atoms with Gasteiger partial charge in [0.25, 0.3) is 0 Å². The molecule has 0 heterocycles. The van der Waals surface area contributed by atoms with Crippen molar-refractivity contribution < 1.29 is 9.59 Å². The number of nitrogens with zero attached hydrogens (tertiary/aromatic N) is 1. The zero-order valence-electron chi connectivity index (χ0n) is 16.0. The average Bonchev–Trinajstić information content (AvgIpc) is 2.57. The Hall–Kier alpha value is -1.92. The summed E-state index contributed by atoms with van der Waals surface area (Å²) < 4.78 is 0. The predicted molar refractivity (Wildman–Crippen MR) is 101 cm³/mol. The summed E-state index contributed by atoms with van der Waals surface area (Å²) in [7, 11) is 2.09. The van der Waals surface area contributed by atoms with Crippen LogP contribution < -0.4 is 16.4 Å². The van der Waals surface area contributed by atoms with Crippen LogP contribution in [0.5, 0.6) is 0 Å². The van der Waals surface area contributed by atoms with Gasteiger partial charge in [-0.3, -0.25) is 14.5 Å². The molecule has 6 nitrogen and oxygen atoms in total. The molecule has 0 fully saturated rings. The van der Waals surface area contributed by atoms with Crippen LogP contribution in [0.3, 0.4) is 0 Å². The Bertz CT molecular complexity index is 572. The zero-order chi connectivity index (χ0) is 19.0.